The van der Waals surface area contributed by atoms with Crippen LogP contribution in [-0.4, -0.2) is 4.98 Å². The average molecular weight is 236 g/mol. The Morgan fingerprint density at radius 3 is 2.82 bits per heavy atom. The number of pyridine rings is 1. The number of nitrogens with two attached hydrogens (primary N) is 1. The van der Waals surface area contributed by atoms with Crippen molar-refractivity contribution < 1.29 is 0 Å². The number of nitrogens with zero attached hydrogens (tertiary/aromatic N) is 1. The van der Waals surface area contributed by atoms with E-state index in [9.17, 15) is 0 Å². The Balaban J connectivity index is 3.13. The molecule has 60 valence electrons. The van der Waals surface area contributed by atoms with Crippen LogP contribution in [0, 0.1) is 0 Å². The smallest absolute Gasteiger partial charge is 0.129 e. The van der Waals surface area contributed by atoms with Gasteiger partial charge in [0.2, 0.25) is 0 Å². The van der Waals surface area contributed by atoms with E-state index < -0.39 is 0 Å². The molecule has 0 saturated heterocycles. The molecule has 11 heavy (non-hydrogen) atoms. The number of hydrogen-bond donors (Lipinski definition) is 1. The highest BCUT2D eigenvalue weighted by Gasteiger charge is 2.05. The van der Waals surface area contributed by atoms with Crippen LogP contribution < -0.4 is 5.73 Å². The lowest BCUT2D eigenvalue weighted by Gasteiger charge is -2.07. The lowest BCUT2D eigenvalue weighted by molar-refractivity contribution is 0.810. The van der Waals surface area contributed by atoms with E-state index in [2.05, 4.69) is 20.9 Å². The van der Waals surface area contributed by atoms with E-state index in [0.29, 0.717) is 5.15 Å². The second-order valence-corrected chi connectivity index (χ2v) is 3.56. The van der Waals surface area contributed by atoms with Crippen molar-refractivity contribution >= 4 is 27.5 Å². The molecule has 2 N–H and O–H groups in total. The standard InChI is InChI=1S/C7H8BrClN2/c1-4(10)5-2-7(9)11-3-6(5)8/h2-4H,10H2,1H3. The summed E-state index contributed by atoms with van der Waals surface area (Å²) >= 11 is 9.00. The summed E-state index contributed by atoms with van der Waals surface area (Å²) in [7, 11) is 0. The fourth-order valence-corrected chi connectivity index (χ4v) is 1.52. The van der Waals surface area contributed by atoms with Gasteiger partial charge in [0.15, 0.2) is 0 Å². The van der Waals surface area contributed by atoms with Crippen LogP contribution in [-0.2, 0) is 0 Å². The first-order valence-corrected chi connectivity index (χ1v) is 4.35. The van der Waals surface area contributed by atoms with E-state index in [4.69, 9.17) is 17.3 Å². The third kappa shape index (κ3) is 2.15. The molecule has 0 radical (unpaired) electrons. The van der Waals surface area contributed by atoms with Gasteiger partial charge in [0.1, 0.15) is 5.15 Å². The van der Waals surface area contributed by atoms with E-state index in [0.717, 1.165) is 10.0 Å². The van der Waals surface area contributed by atoms with Crippen molar-refractivity contribution in [3.05, 3.63) is 27.5 Å². The molecule has 0 amide bonds. The molecule has 0 aromatic carbocycles. The van der Waals surface area contributed by atoms with Gasteiger partial charge >= 0.3 is 0 Å². The molecular weight excluding hydrogens is 227 g/mol. The van der Waals surface area contributed by atoms with Gasteiger partial charge in [-0.3, -0.25) is 0 Å². The first kappa shape index (κ1) is 8.97. The minimum Gasteiger partial charge on any atom is -0.324 e. The minimum absolute atomic E-state index is 0.0233. The highest BCUT2D eigenvalue weighted by Crippen LogP contribution is 2.22. The third-order valence-corrected chi connectivity index (χ3v) is 2.21. The summed E-state index contributed by atoms with van der Waals surface area (Å²) in [6, 6.07) is 1.74. The van der Waals surface area contributed by atoms with Gasteiger partial charge in [0.25, 0.3) is 0 Å². The zero-order chi connectivity index (χ0) is 8.43. The Kier molecular flexibility index (Phi) is 2.87. The lowest BCUT2D eigenvalue weighted by atomic mass is 10.1. The summed E-state index contributed by atoms with van der Waals surface area (Å²) in [6.07, 6.45) is 1.65. The summed E-state index contributed by atoms with van der Waals surface area (Å²) in [5, 5.41) is 0.473. The van der Waals surface area contributed by atoms with E-state index in [1.807, 2.05) is 6.92 Å². The van der Waals surface area contributed by atoms with E-state index in [1.165, 1.54) is 0 Å². The molecule has 1 unspecified atom stereocenters. The van der Waals surface area contributed by atoms with Crippen molar-refractivity contribution in [1.82, 2.24) is 4.98 Å². The fourth-order valence-electron chi connectivity index (χ4n) is 0.776. The van der Waals surface area contributed by atoms with Gasteiger partial charge in [-0.25, -0.2) is 4.98 Å². The molecular formula is C7H8BrClN2. The molecule has 4 heteroatoms. The molecule has 0 spiro atoms. The Bertz CT molecular complexity index is 263. The second-order valence-electron chi connectivity index (χ2n) is 2.32. The van der Waals surface area contributed by atoms with Gasteiger partial charge in [-0.2, -0.15) is 0 Å². The minimum atomic E-state index is -0.0233. The molecule has 0 bridgehead atoms. The zero-order valence-electron chi connectivity index (χ0n) is 6.01. The van der Waals surface area contributed by atoms with Crippen LogP contribution in [0.25, 0.3) is 0 Å². The number of rotatable bonds is 1. The molecule has 0 saturated carbocycles. The maximum absolute atomic E-state index is 5.67. The van der Waals surface area contributed by atoms with Crippen molar-refractivity contribution in [1.29, 1.82) is 0 Å². The Hall–Kier alpha value is -0.120. The topological polar surface area (TPSA) is 38.9 Å². The number of hydrogen-bond acceptors (Lipinski definition) is 2. The van der Waals surface area contributed by atoms with E-state index in [-0.39, 0.29) is 6.04 Å². The monoisotopic (exact) mass is 234 g/mol. The van der Waals surface area contributed by atoms with Crippen LogP contribution in [0.5, 0.6) is 0 Å². The first-order chi connectivity index (χ1) is 5.11. The molecule has 0 fully saturated rings. The maximum atomic E-state index is 5.67. The normalized spacial score (nSPS) is 13.1. The second kappa shape index (κ2) is 3.52. The Morgan fingerprint density at radius 2 is 2.36 bits per heavy atom. The molecule has 0 aliphatic carbocycles. The van der Waals surface area contributed by atoms with Crippen LogP contribution in [0.4, 0.5) is 0 Å². The van der Waals surface area contributed by atoms with Crippen LogP contribution >= 0.6 is 27.5 Å². The SMILES string of the molecule is CC(N)c1cc(Cl)ncc1Br. The van der Waals surface area contributed by atoms with Crippen molar-refractivity contribution in [3.63, 3.8) is 0 Å². The van der Waals surface area contributed by atoms with Crippen LogP contribution in [0.2, 0.25) is 5.15 Å². The first-order valence-electron chi connectivity index (χ1n) is 3.18. The Labute approximate surface area is 78.9 Å². The van der Waals surface area contributed by atoms with Crippen LogP contribution in [0.1, 0.15) is 18.5 Å². The maximum Gasteiger partial charge on any atom is 0.129 e. The molecule has 1 rings (SSSR count). The lowest BCUT2D eigenvalue weighted by Crippen LogP contribution is -2.05. The Morgan fingerprint density at radius 1 is 1.73 bits per heavy atom. The molecule has 0 aliphatic rings. The highest BCUT2D eigenvalue weighted by molar-refractivity contribution is 9.10. The average Bonchev–Trinajstić information content (AvgIpc) is 1.94. The quantitative estimate of drug-likeness (QED) is 0.760. The predicted octanol–water partition coefficient (Wildman–Crippen LogP) is 2.52. The van der Waals surface area contributed by atoms with Crippen LogP contribution in [0.15, 0.2) is 16.7 Å². The third-order valence-electron chi connectivity index (χ3n) is 1.34. The van der Waals surface area contributed by atoms with Crippen molar-refractivity contribution in [3.8, 4) is 0 Å². The highest BCUT2D eigenvalue weighted by atomic mass is 79.9. The van der Waals surface area contributed by atoms with Gasteiger partial charge in [0.05, 0.1) is 0 Å². The summed E-state index contributed by atoms with van der Waals surface area (Å²) in [5.74, 6) is 0. The number of aromatic nitrogens is 1. The molecule has 1 heterocycles. The molecule has 2 nitrogen and oxygen atoms in total. The van der Waals surface area contributed by atoms with Gasteiger partial charge in [-0.05, 0) is 34.5 Å². The fraction of sp³-hybridized carbons (Fsp3) is 0.286. The summed E-state index contributed by atoms with van der Waals surface area (Å²) in [4.78, 5) is 3.88. The summed E-state index contributed by atoms with van der Waals surface area (Å²) in [6.45, 7) is 1.90. The van der Waals surface area contributed by atoms with Gasteiger partial charge in [0, 0.05) is 16.7 Å². The van der Waals surface area contributed by atoms with E-state index >= 15 is 0 Å². The molecule has 1 atom stereocenters. The van der Waals surface area contributed by atoms with Crippen molar-refractivity contribution in [2.24, 2.45) is 5.73 Å². The summed E-state index contributed by atoms with van der Waals surface area (Å²) < 4.78 is 0.900. The van der Waals surface area contributed by atoms with Crippen LogP contribution in [0.3, 0.4) is 0 Å². The van der Waals surface area contributed by atoms with Gasteiger partial charge in [-0.1, -0.05) is 11.6 Å². The summed E-state index contributed by atoms with van der Waals surface area (Å²) in [5.41, 5.74) is 6.64. The largest absolute Gasteiger partial charge is 0.324 e. The van der Waals surface area contributed by atoms with Gasteiger partial charge in [-0.15, -0.1) is 0 Å². The molecule has 1 aromatic heterocycles. The van der Waals surface area contributed by atoms with Crippen molar-refractivity contribution in [2.45, 2.75) is 13.0 Å². The molecule has 1 aromatic rings. The molecule has 0 aliphatic heterocycles. The predicted molar refractivity (Wildman–Crippen MR) is 49.5 cm³/mol. The number of halogens is 2. The van der Waals surface area contributed by atoms with E-state index in [1.54, 1.807) is 12.3 Å². The van der Waals surface area contributed by atoms with Crippen molar-refractivity contribution in [2.75, 3.05) is 0 Å². The van der Waals surface area contributed by atoms with Gasteiger partial charge < -0.3 is 5.73 Å². The zero-order valence-corrected chi connectivity index (χ0v) is 8.35.